The molecule has 0 aliphatic heterocycles. The highest BCUT2D eigenvalue weighted by Crippen LogP contribution is 2.72. The van der Waals surface area contributed by atoms with Crippen LogP contribution < -0.4 is 0 Å². The summed E-state index contributed by atoms with van der Waals surface area (Å²) in [5.74, 6) is 3.20. The van der Waals surface area contributed by atoms with Crippen molar-refractivity contribution in [2.24, 2.45) is 23.7 Å². The minimum absolute atomic E-state index is 0.00665. The van der Waals surface area contributed by atoms with E-state index in [2.05, 4.69) is 12.2 Å². The van der Waals surface area contributed by atoms with Crippen molar-refractivity contribution in [3.05, 3.63) is 57.2 Å². The second-order valence-corrected chi connectivity index (χ2v) is 8.59. The van der Waals surface area contributed by atoms with Gasteiger partial charge in [0, 0.05) is 23.3 Å². The molecule has 2 aromatic rings. The predicted octanol–water partition coefficient (Wildman–Crippen LogP) is 4.13. The number of nitrogens with zero attached hydrogens (tertiary/aromatic N) is 2. The summed E-state index contributed by atoms with van der Waals surface area (Å²) in [6.45, 7) is 1.76. The largest absolute Gasteiger partial charge is 0.494 e. The Balaban J connectivity index is 1.51. The highest BCUT2D eigenvalue weighted by atomic mass is 16.6. The molecule has 4 bridgehead atoms. The number of nitro benzene ring substituents is 1. The number of rotatable bonds is 2. The van der Waals surface area contributed by atoms with Gasteiger partial charge in [0.15, 0.2) is 0 Å². The van der Waals surface area contributed by atoms with E-state index in [1.165, 1.54) is 23.1 Å². The van der Waals surface area contributed by atoms with Gasteiger partial charge in [0.2, 0.25) is 11.8 Å². The summed E-state index contributed by atoms with van der Waals surface area (Å²) in [7, 11) is 0. The molecule has 138 valence electrons. The number of allylic oxidation sites excluding steroid dienone is 2. The van der Waals surface area contributed by atoms with Crippen molar-refractivity contribution < 1.29 is 15.1 Å². The van der Waals surface area contributed by atoms with Crippen molar-refractivity contribution >= 4 is 5.69 Å². The molecule has 2 N–H and O–H groups in total. The van der Waals surface area contributed by atoms with Gasteiger partial charge in [-0.05, 0) is 66.9 Å². The summed E-state index contributed by atoms with van der Waals surface area (Å²) < 4.78 is 1.49. The normalized spacial score (nSPS) is 34.3. The number of aryl methyl sites for hydroxylation is 1. The Hall–Kier alpha value is -2.76. The summed E-state index contributed by atoms with van der Waals surface area (Å²) in [6, 6.07) is 4.50. The first kappa shape index (κ1) is 15.3. The third-order valence-corrected chi connectivity index (χ3v) is 7.59. The molecule has 6 unspecified atom stereocenters. The zero-order valence-electron chi connectivity index (χ0n) is 14.9. The van der Waals surface area contributed by atoms with Gasteiger partial charge < -0.3 is 10.2 Å². The lowest BCUT2D eigenvalue weighted by Crippen LogP contribution is -2.24. The molecule has 2 saturated carbocycles. The second-order valence-electron chi connectivity index (χ2n) is 8.59. The van der Waals surface area contributed by atoms with Gasteiger partial charge in [-0.25, -0.2) is 0 Å². The molecule has 6 heteroatoms. The van der Waals surface area contributed by atoms with Crippen LogP contribution in [0.1, 0.15) is 41.4 Å². The van der Waals surface area contributed by atoms with Gasteiger partial charge in [0.25, 0.3) is 5.69 Å². The van der Waals surface area contributed by atoms with E-state index >= 15 is 0 Å². The molecule has 27 heavy (non-hydrogen) atoms. The molecule has 0 saturated heterocycles. The van der Waals surface area contributed by atoms with Gasteiger partial charge >= 0.3 is 0 Å². The monoisotopic (exact) mass is 364 g/mol. The zero-order valence-corrected chi connectivity index (χ0v) is 14.9. The lowest BCUT2D eigenvalue weighted by atomic mass is 9.72. The first-order chi connectivity index (χ1) is 13.0. The number of nitro groups is 1. The topological polar surface area (TPSA) is 88.5 Å². The fraction of sp³-hybridized carbons (Fsp3) is 0.429. The molecule has 1 aromatic heterocycles. The van der Waals surface area contributed by atoms with Crippen LogP contribution in [0, 0.1) is 40.7 Å². The lowest BCUT2D eigenvalue weighted by molar-refractivity contribution is -0.384. The number of hydrogen-bond donors (Lipinski definition) is 2. The van der Waals surface area contributed by atoms with Crippen LogP contribution in [0.15, 0.2) is 30.4 Å². The number of benzene rings is 1. The Kier molecular flexibility index (Phi) is 2.69. The van der Waals surface area contributed by atoms with Crippen LogP contribution in [0.2, 0.25) is 0 Å². The van der Waals surface area contributed by atoms with Crippen molar-refractivity contribution in [3.63, 3.8) is 0 Å². The predicted molar refractivity (Wildman–Crippen MR) is 98.3 cm³/mol. The maximum Gasteiger partial charge on any atom is 0.269 e. The van der Waals surface area contributed by atoms with Crippen LogP contribution in [0.4, 0.5) is 5.69 Å². The molecule has 6 nitrogen and oxygen atoms in total. The van der Waals surface area contributed by atoms with Crippen LogP contribution in [0.25, 0.3) is 5.69 Å². The average Bonchev–Trinajstić information content (AvgIpc) is 3.41. The number of aromatic hydroxyl groups is 2. The van der Waals surface area contributed by atoms with Crippen LogP contribution in [-0.2, 0) is 0 Å². The van der Waals surface area contributed by atoms with E-state index in [-0.39, 0.29) is 17.4 Å². The van der Waals surface area contributed by atoms with Crippen LogP contribution in [0.5, 0.6) is 11.8 Å². The standard InChI is InChI=1S/C21H20N2O4/c1-9-6-12(23(26)27)4-5-15(9)22-20(24)18-13-8-14(19(18)21(22)25)17-11-3-2-10(7-11)16(13)17/h2-6,10-11,13-14,16-17,24-25H,7-8H2,1H3. The van der Waals surface area contributed by atoms with Crippen molar-refractivity contribution in [1.82, 2.24) is 4.57 Å². The van der Waals surface area contributed by atoms with E-state index < -0.39 is 4.92 Å². The zero-order chi connectivity index (χ0) is 18.6. The Morgan fingerprint density at radius 2 is 1.63 bits per heavy atom. The maximum atomic E-state index is 11.1. The molecule has 4 aliphatic carbocycles. The van der Waals surface area contributed by atoms with E-state index in [0.29, 0.717) is 46.8 Å². The third kappa shape index (κ3) is 1.67. The molecule has 0 amide bonds. The first-order valence-corrected chi connectivity index (χ1v) is 9.57. The lowest BCUT2D eigenvalue weighted by Gasteiger charge is -2.31. The molecule has 4 aliphatic rings. The quantitative estimate of drug-likeness (QED) is 0.363. The second kappa shape index (κ2) is 4.74. The van der Waals surface area contributed by atoms with E-state index in [1.807, 2.05) is 0 Å². The van der Waals surface area contributed by atoms with Crippen LogP contribution in [0.3, 0.4) is 0 Å². The Morgan fingerprint density at radius 1 is 1.04 bits per heavy atom. The smallest absolute Gasteiger partial charge is 0.269 e. The summed E-state index contributed by atoms with van der Waals surface area (Å²) in [5, 5.41) is 33.1. The Bertz CT molecular complexity index is 1010. The fourth-order valence-corrected chi connectivity index (χ4v) is 6.79. The first-order valence-electron chi connectivity index (χ1n) is 9.57. The molecule has 2 fully saturated rings. The minimum atomic E-state index is -0.434. The van der Waals surface area contributed by atoms with Crippen molar-refractivity contribution in [3.8, 4) is 17.4 Å². The Morgan fingerprint density at radius 3 is 2.15 bits per heavy atom. The van der Waals surface area contributed by atoms with E-state index in [4.69, 9.17) is 0 Å². The number of fused-ring (bicyclic) bond motifs is 12. The highest BCUT2D eigenvalue weighted by molar-refractivity contribution is 5.62. The van der Waals surface area contributed by atoms with Crippen LogP contribution >= 0.6 is 0 Å². The van der Waals surface area contributed by atoms with Gasteiger partial charge in [0.05, 0.1) is 10.6 Å². The summed E-state index contributed by atoms with van der Waals surface area (Å²) in [4.78, 5) is 10.6. The van der Waals surface area contributed by atoms with E-state index in [9.17, 15) is 20.3 Å². The van der Waals surface area contributed by atoms with Crippen molar-refractivity contribution in [2.75, 3.05) is 0 Å². The molecule has 0 spiro atoms. The van der Waals surface area contributed by atoms with Crippen LogP contribution in [-0.4, -0.2) is 19.7 Å². The molecule has 1 aromatic carbocycles. The molecule has 1 heterocycles. The van der Waals surface area contributed by atoms with Crippen molar-refractivity contribution in [2.45, 2.75) is 31.6 Å². The minimum Gasteiger partial charge on any atom is -0.494 e. The average molecular weight is 364 g/mol. The molecular formula is C21H20N2O4. The fourth-order valence-electron chi connectivity index (χ4n) is 6.79. The van der Waals surface area contributed by atoms with Gasteiger partial charge in [0.1, 0.15) is 0 Å². The number of aromatic nitrogens is 1. The summed E-state index contributed by atoms with van der Waals surface area (Å²) >= 11 is 0. The summed E-state index contributed by atoms with van der Waals surface area (Å²) in [6.07, 6.45) is 6.94. The summed E-state index contributed by atoms with van der Waals surface area (Å²) in [5.41, 5.74) is 3.08. The van der Waals surface area contributed by atoms with Crippen molar-refractivity contribution in [1.29, 1.82) is 0 Å². The third-order valence-electron chi connectivity index (χ3n) is 7.59. The van der Waals surface area contributed by atoms with Gasteiger partial charge in [-0.3, -0.25) is 14.7 Å². The van der Waals surface area contributed by atoms with Gasteiger partial charge in [-0.2, -0.15) is 0 Å². The van der Waals surface area contributed by atoms with Gasteiger partial charge in [-0.15, -0.1) is 0 Å². The number of hydrogen-bond acceptors (Lipinski definition) is 4. The highest BCUT2D eigenvalue weighted by Gasteiger charge is 2.62. The Labute approximate surface area is 155 Å². The molecule has 6 atom stereocenters. The SMILES string of the molecule is Cc1cc([N+](=O)[O-])ccc1-n1c(O)c2c(c1O)C1CC2C2C3C=CC(C3)C12. The molecule has 6 rings (SSSR count). The van der Waals surface area contributed by atoms with E-state index in [0.717, 1.165) is 17.5 Å². The molecular weight excluding hydrogens is 344 g/mol. The maximum absolute atomic E-state index is 11.1. The molecule has 0 radical (unpaired) electrons. The van der Waals surface area contributed by atoms with E-state index in [1.54, 1.807) is 13.0 Å². The van der Waals surface area contributed by atoms with Gasteiger partial charge in [-0.1, -0.05) is 12.2 Å². The number of non-ortho nitro benzene ring substituents is 1.